The fourth-order valence-corrected chi connectivity index (χ4v) is 6.31. The van der Waals surface area contributed by atoms with E-state index >= 15 is 0 Å². The van der Waals surface area contributed by atoms with E-state index in [0.29, 0.717) is 19.8 Å². The molecule has 0 spiro atoms. The molecule has 1 amide bonds. The van der Waals surface area contributed by atoms with Crippen molar-refractivity contribution in [2.24, 2.45) is 5.73 Å². The summed E-state index contributed by atoms with van der Waals surface area (Å²) in [7, 11) is 0. The molecule has 2 heterocycles. The largest absolute Gasteiger partial charge is 0.462 e. The molecule has 184 valence electrons. The van der Waals surface area contributed by atoms with Crippen LogP contribution in [0.5, 0.6) is 0 Å². The molecule has 0 bridgehead atoms. The zero-order chi connectivity index (χ0) is 25.2. The number of nitrogens with two attached hydrogens (primary N) is 1. The molecule has 2 aliphatic rings. The maximum absolute atomic E-state index is 12.8. The first-order valence-electron chi connectivity index (χ1n) is 9.46. The molecule has 0 aliphatic carbocycles. The Morgan fingerprint density at radius 1 is 1.29 bits per heavy atom. The lowest BCUT2D eigenvalue weighted by molar-refractivity contribution is -0.159. The zero-order valence-corrected chi connectivity index (χ0v) is 21.3. The number of fused-ring (bicyclic) bond motifs is 1. The van der Waals surface area contributed by atoms with Gasteiger partial charge in [-0.15, -0.1) is 11.8 Å². The molecule has 2 N–H and O–H groups in total. The van der Waals surface area contributed by atoms with Crippen LogP contribution in [0.15, 0.2) is 38.2 Å². The van der Waals surface area contributed by atoms with Crippen molar-refractivity contribution in [1.29, 1.82) is 0 Å². The van der Waals surface area contributed by atoms with E-state index in [1.165, 1.54) is 23.9 Å². The molecule has 1 saturated heterocycles. The van der Waals surface area contributed by atoms with Crippen molar-refractivity contribution in [3.8, 4) is 0 Å². The van der Waals surface area contributed by atoms with Crippen molar-refractivity contribution in [2.45, 2.75) is 28.7 Å². The molecule has 1 fully saturated rings. The van der Waals surface area contributed by atoms with Gasteiger partial charge in [0, 0.05) is 20.0 Å². The second-order valence-corrected chi connectivity index (χ2v) is 10.8. The molecule has 0 aromatic heterocycles. The smallest absolute Gasteiger partial charge is 0.442 e. The van der Waals surface area contributed by atoms with Crippen LogP contribution in [0.4, 0.5) is 13.2 Å². The standard InChI is InChI=1S/C19H16BrF3N2O6S3/c1-2-30-17(28)8-3-4-10(9(20)5-8)34-11-6-32-16-13(24)15(27)25(16)14(11)18(29)31-12(26)7-33-19(21,22)23/h3-5,13,16H,2,6-7,24H2,1H3/t13?,16-/m0/s1. The molecule has 1 aromatic rings. The number of benzene rings is 1. The number of β-lactam (4-membered cyclic amide) rings is 1. The lowest BCUT2D eigenvalue weighted by Gasteiger charge is -2.48. The van der Waals surface area contributed by atoms with Gasteiger partial charge in [-0.1, -0.05) is 11.8 Å². The molecule has 3 rings (SSSR count). The quantitative estimate of drug-likeness (QED) is 0.283. The molecule has 0 radical (unpaired) electrons. The van der Waals surface area contributed by atoms with E-state index in [1.807, 2.05) is 0 Å². The van der Waals surface area contributed by atoms with Gasteiger partial charge >= 0.3 is 23.4 Å². The number of carbonyl (C=O) groups is 4. The highest BCUT2D eigenvalue weighted by molar-refractivity contribution is 9.10. The number of alkyl halides is 3. The summed E-state index contributed by atoms with van der Waals surface area (Å²) in [6, 6.07) is 3.79. The zero-order valence-electron chi connectivity index (χ0n) is 17.2. The van der Waals surface area contributed by atoms with Crippen molar-refractivity contribution < 1.29 is 41.8 Å². The lowest BCUT2D eigenvalue weighted by Crippen LogP contribution is -2.68. The van der Waals surface area contributed by atoms with Gasteiger partial charge in [0.05, 0.1) is 12.2 Å². The van der Waals surface area contributed by atoms with Gasteiger partial charge in [0.2, 0.25) is 5.91 Å². The van der Waals surface area contributed by atoms with Crippen LogP contribution in [0, 0.1) is 0 Å². The number of thioether (sulfide) groups is 3. The first kappa shape index (κ1) is 26.9. The second-order valence-electron chi connectivity index (χ2n) is 6.67. The van der Waals surface area contributed by atoms with Gasteiger partial charge in [-0.3, -0.25) is 14.5 Å². The van der Waals surface area contributed by atoms with Crippen LogP contribution in [-0.2, 0) is 23.9 Å². The normalized spacial score (nSPS) is 19.9. The summed E-state index contributed by atoms with van der Waals surface area (Å²) < 4.78 is 47.1. The molecule has 15 heteroatoms. The molecule has 34 heavy (non-hydrogen) atoms. The van der Waals surface area contributed by atoms with Gasteiger partial charge in [0.15, 0.2) is 0 Å². The summed E-state index contributed by atoms with van der Waals surface area (Å²) >= 11 is 5.09. The molecule has 0 saturated carbocycles. The third kappa shape index (κ3) is 6.11. The highest BCUT2D eigenvalue weighted by Crippen LogP contribution is 2.46. The number of halogens is 4. The van der Waals surface area contributed by atoms with Gasteiger partial charge in [-0.2, -0.15) is 13.2 Å². The molecule has 1 unspecified atom stereocenters. The van der Waals surface area contributed by atoms with Gasteiger partial charge in [0.25, 0.3) is 0 Å². The summed E-state index contributed by atoms with van der Waals surface area (Å²) in [6.07, 6.45) is 0. The Hall–Kier alpha value is -1.68. The highest BCUT2D eigenvalue weighted by Gasteiger charge is 2.52. The van der Waals surface area contributed by atoms with Gasteiger partial charge in [0.1, 0.15) is 22.9 Å². The monoisotopic (exact) mass is 600 g/mol. The molecule has 1 aromatic carbocycles. The summed E-state index contributed by atoms with van der Waals surface area (Å²) in [5, 5.41) is -0.561. The van der Waals surface area contributed by atoms with Gasteiger partial charge in [-0.05, 0) is 52.8 Å². The number of nitrogens with zero attached hydrogens (tertiary/aromatic N) is 1. The van der Waals surface area contributed by atoms with E-state index in [0.717, 1.165) is 16.7 Å². The Labute approximate surface area is 212 Å². The average molecular weight is 601 g/mol. The van der Waals surface area contributed by atoms with Crippen molar-refractivity contribution in [3.63, 3.8) is 0 Å². The van der Waals surface area contributed by atoms with Crippen LogP contribution >= 0.6 is 51.2 Å². The first-order chi connectivity index (χ1) is 15.9. The summed E-state index contributed by atoms with van der Waals surface area (Å²) in [6.45, 7) is 1.88. The van der Waals surface area contributed by atoms with Crippen LogP contribution in [0.2, 0.25) is 0 Å². The second kappa shape index (κ2) is 10.9. The fraction of sp³-hybridized carbons (Fsp3) is 0.368. The van der Waals surface area contributed by atoms with Crippen molar-refractivity contribution in [1.82, 2.24) is 4.90 Å². The minimum atomic E-state index is -4.67. The number of ether oxygens (including phenoxy) is 2. The van der Waals surface area contributed by atoms with Crippen molar-refractivity contribution in [2.75, 3.05) is 18.1 Å². The number of carbonyl (C=O) groups excluding carboxylic acids is 4. The Balaban J connectivity index is 1.86. The molecular weight excluding hydrogens is 585 g/mol. The Morgan fingerprint density at radius 2 is 2.00 bits per heavy atom. The lowest BCUT2D eigenvalue weighted by atomic mass is 10.1. The van der Waals surface area contributed by atoms with Gasteiger partial charge in [-0.25, -0.2) is 9.59 Å². The van der Waals surface area contributed by atoms with Crippen LogP contribution in [0.1, 0.15) is 17.3 Å². The third-order valence-corrected chi connectivity index (χ3v) is 8.67. The summed E-state index contributed by atoms with van der Waals surface area (Å²) in [4.78, 5) is 50.8. The van der Waals surface area contributed by atoms with Crippen LogP contribution in [-0.4, -0.2) is 63.8 Å². The number of esters is 3. The first-order valence-corrected chi connectivity index (χ1v) is 13.1. The van der Waals surface area contributed by atoms with E-state index in [1.54, 1.807) is 13.0 Å². The van der Waals surface area contributed by atoms with E-state index in [2.05, 4.69) is 20.7 Å². The topological polar surface area (TPSA) is 116 Å². The minimum absolute atomic E-state index is 0.204. The van der Waals surface area contributed by atoms with E-state index in [9.17, 15) is 32.3 Å². The third-order valence-electron chi connectivity index (χ3n) is 4.40. The Kier molecular flexibility index (Phi) is 8.65. The maximum Gasteiger partial charge on any atom is 0.442 e. The predicted octanol–water partition coefficient (Wildman–Crippen LogP) is 3.49. The van der Waals surface area contributed by atoms with Crippen molar-refractivity contribution in [3.05, 3.63) is 38.8 Å². The number of rotatable bonds is 7. The Bertz CT molecular complexity index is 1070. The fourth-order valence-electron chi connectivity index (χ4n) is 2.94. The molecular formula is C19H16BrF3N2O6S3. The van der Waals surface area contributed by atoms with Crippen molar-refractivity contribution >= 4 is 75.0 Å². The predicted molar refractivity (Wildman–Crippen MR) is 124 cm³/mol. The number of hydrogen-bond donors (Lipinski definition) is 1. The van der Waals surface area contributed by atoms with E-state index < -0.39 is 58.3 Å². The summed E-state index contributed by atoms with van der Waals surface area (Å²) in [5.74, 6) is -4.60. The summed E-state index contributed by atoms with van der Waals surface area (Å²) in [5.41, 5.74) is 1.17. The van der Waals surface area contributed by atoms with Crippen LogP contribution < -0.4 is 5.73 Å². The number of amides is 1. The molecule has 2 aliphatic heterocycles. The van der Waals surface area contributed by atoms with E-state index in [4.69, 9.17) is 10.5 Å². The average Bonchev–Trinajstić information content (AvgIpc) is 2.77. The van der Waals surface area contributed by atoms with Crippen LogP contribution in [0.25, 0.3) is 0 Å². The molecule has 2 atom stereocenters. The molecule has 8 nitrogen and oxygen atoms in total. The van der Waals surface area contributed by atoms with Gasteiger partial charge < -0.3 is 15.2 Å². The Morgan fingerprint density at radius 3 is 2.62 bits per heavy atom. The minimum Gasteiger partial charge on any atom is -0.462 e. The van der Waals surface area contributed by atoms with Crippen LogP contribution in [0.3, 0.4) is 0 Å². The van der Waals surface area contributed by atoms with E-state index in [-0.39, 0.29) is 18.1 Å². The SMILES string of the molecule is CCOC(=O)c1ccc(SC2=C(C(=O)OC(=O)CSC(F)(F)F)N3C(=O)C(N)[C@@H]3SC2)c(Br)c1. The maximum atomic E-state index is 12.8. The number of hydrogen-bond acceptors (Lipinski definition) is 10. The highest BCUT2D eigenvalue weighted by atomic mass is 79.9.